The molecule has 0 spiro atoms. The summed E-state index contributed by atoms with van der Waals surface area (Å²) in [5, 5.41) is 2.87. The fourth-order valence-corrected chi connectivity index (χ4v) is 3.45. The van der Waals surface area contributed by atoms with Crippen LogP contribution in [0, 0.1) is 0 Å². The van der Waals surface area contributed by atoms with Crippen LogP contribution in [0.2, 0.25) is 0 Å². The summed E-state index contributed by atoms with van der Waals surface area (Å²) in [6, 6.07) is 24.0. The summed E-state index contributed by atoms with van der Waals surface area (Å²) in [6.07, 6.45) is 2.13. The third-order valence-electron chi connectivity index (χ3n) is 5.15. The van der Waals surface area contributed by atoms with Crippen LogP contribution < -0.4 is 10.1 Å². The van der Waals surface area contributed by atoms with Gasteiger partial charge in [0, 0.05) is 29.9 Å². The third-order valence-corrected chi connectivity index (χ3v) is 5.15. The molecule has 152 valence electrons. The summed E-state index contributed by atoms with van der Waals surface area (Å²) in [5.74, 6) is 0.555. The molecule has 4 rings (SSSR count). The Morgan fingerprint density at radius 1 is 0.800 bits per heavy atom. The van der Waals surface area contributed by atoms with Crippen LogP contribution in [0.1, 0.15) is 39.1 Å². The molecule has 1 aliphatic rings. The van der Waals surface area contributed by atoms with E-state index < -0.39 is 0 Å². The van der Waals surface area contributed by atoms with Gasteiger partial charge in [0.15, 0.2) is 0 Å². The molecule has 0 aliphatic carbocycles. The fourth-order valence-electron chi connectivity index (χ4n) is 3.45. The van der Waals surface area contributed by atoms with Crippen molar-refractivity contribution < 1.29 is 14.3 Å². The van der Waals surface area contributed by atoms with E-state index in [4.69, 9.17) is 4.74 Å². The van der Waals surface area contributed by atoms with E-state index in [9.17, 15) is 9.59 Å². The first kappa shape index (κ1) is 19.7. The summed E-state index contributed by atoms with van der Waals surface area (Å²) < 4.78 is 5.76. The lowest BCUT2D eigenvalue weighted by Gasteiger charge is -2.15. The van der Waals surface area contributed by atoms with E-state index in [1.54, 1.807) is 48.5 Å². The van der Waals surface area contributed by atoms with Crippen LogP contribution in [0.5, 0.6) is 5.75 Å². The Labute approximate surface area is 176 Å². The maximum Gasteiger partial charge on any atom is 0.255 e. The smallest absolute Gasteiger partial charge is 0.255 e. The number of carbonyl (C=O) groups is 2. The summed E-state index contributed by atoms with van der Waals surface area (Å²) in [5.41, 5.74) is 2.93. The van der Waals surface area contributed by atoms with Gasteiger partial charge in [-0.1, -0.05) is 30.3 Å². The summed E-state index contributed by atoms with van der Waals surface area (Å²) in [6.45, 7) is 2.12. The van der Waals surface area contributed by atoms with Gasteiger partial charge in [0.1, 0.15) is 12.4 Å². The summed E-state index contributed by atoms with van der Waals surface area (Å²) in [4.78, 5) is 26.8. The normalized spacial score (nSPS) is 13.1. The summed E-state index contributed by atoms with van der Waals surface area (Å²) in [7, 11) is 0. The van der Waals surface area contributed by atoms with Gasteiger partial charge in [-0.15, -0.1) is 0 Å². The van der Waals surface area contributed by atoms with Crippen molar-refractivity contribution in [3.8, 4) is 5.75 Å². The number of amides is 2. The Balaban J connectivity index is 1.32. The van der Waals surface area contributed by atoms with Crippen molar-refractivity contribution in [3.05, 3.63) is 95.6 Å². The first-order chi connectivity index (χ1) is 14.7. The predicted octanol–water partition coefficient (Wildman–Crippen LogP) is 4.75. The molecule has 3 aromatic rings. The number of likely N-dealkylation sites (tertiary alicyclic amines) is 1. The number of rotatable bonds is 6. The summed E-state index contributed by atoms with van der Waals surface area (Å²) >= 11 is 0. The zero-order valence-electron chi connectivity index (χ0n) is 16.7. The van der Waals surface area contributed by atoms with Crippen LogP contribution in [-0.2, 0) is 6.61 Å². The molecule has 0 atom stereocenters. The van der Waals surface area contributed by atoms with Gasteiger partial charge in [-0.3, -0.25) is 9.59 Å². The number of carbonyl (C=O) groups excluding carboxylic acids is 2. The Morgan fingerprint density at radius 3 is 2.10 bits per heavy atom. The van der Waals surface area contributed by atoms with Crippen molar-refractivity contribution in [2.45, 2.75) is 19.4 Å². The second kappa shape index (κ2) is 9.27. The number of benzene rings is 3. The average molecular weight is 400 g/mol. The second-order valence-electron chi connectivity index (χ2n) is 7.33. The lowest BCUT2D eigenvalue weighted by Crippen LogP contribution is -2.27. The van der Waals surface area contributed by atoms with E-state index >= 15 is 0 Å². The standard InChI is InChI=1S/C25H24N2O3/c28-24(20-10-14-23(15-11-20)30-18-19-6-2-1-3-7-19)26-22-12-8-21(9-13-22)25(29)27-16-4-5-17-27/h1-3,6-15H,4-5,16-18H2,(H,26,28). The van der Waals surface area contributed by atoms with Gasteiger partial charge in [0.25, 0.3) is 11.8 Å². The highest BCUT2D eigenvalue weighted by Crippen LogP contribution is 2.18. The molecule has 0 saturated carbocycles. The molecule has 5 heteroatoms. The van der Waals surface area contributed by atoms with E-state index in [0.29, 0.717) is 29.2 Å². The third kappa shape index (κ3) is 4.87. The van der Waals surface area contributed by atoms with Crippen LogP contribution in [0.3, 0.4) is 0 Å². The van der Waals surface area contributed by atoms with Crippen LogP contribution in [0.4, 0.5) is 5.69 Å². The number of hydrogen-bond acceptors (Lipinski definition) is 3. The molecule has 0 bridgehead atoms. The molecule has 0 aromatic heterocycles. The molecule has 1 fully saturated rings. The van der Waals surface area contributed by atoms with Crippen molar-refractivity contribution in [3.63, 3.8) is 0 Å². The SMILES string of the molecule is O=C(Nc1ccc(C(=O)N2CCCC2)cc1)c1ccc(OCc2ccccc2)cc1. The Hall–Kier alpha value is -3.60. The molecule has 0 unspecified atom stereocenters. The van der Waals surface area contributed by atoms with Crippen LogP contribution in [0.15, 0.2) is 78.9 Å². The van der Waals surface area contributed by atoms with Gasteiger partial charge in [-0.2, -0.15) is 0 Å². The average Bonchev–Trinajstić information content (AvgIpc) is 3.34. The molecule has 30 heavy (non-hydrogen) atoms. The highest BCUT2D eigenvalue weighted by molar-refractivity contribution is 6.04. The van der Waals surface area contributed by atoms with E-state index in [1.165, 1.54) is 0 Å². The molecule has 5 nitrogen and oxygen atoms in total. The van der Waals surface area contributed by atoms with Gasteiger partial charge < -0.3 is 15.0 Å². The molecule has 0 radical (unpaired) electrons. The molecule has 2 amide bonds. The first-order valence-corrected chi connectivity index (χ1v) is 10.2. The minimum Gasteiger partial charge on any atom is -0.489 e. The quantitative estimate of drug-likeness (QED) is 0.649. The highest BCUT2D eigenvalue weighted by Gasteiger charge is 2.19. The van der Waals surface area contributed by atoms with Crippen molar-refractivity contribution >= 4 is 17.5 Å². The molecule has 1 N–H and O–H groups in total. The first-order valence-electron chi connectivity index (χ1n) is 10.2. The Morgan fingerprint density at radius 2 is 1.43 bits per heavy atom. The highest BCUT2D eigenvalue weighted by atomic mass is 16.5. The fraction of sp³-hybridized carbons (Fsp3) is 0.200. The van der Waals surface area contributed by atoms with E-state index in [1.807, 2.05) is 35.2 Å². The monoisotopic (exact) mass is 400 g/mol. The van der Waals surface area contributed by atoms with Gasteiger partial charge in [-0.05, 0) is 66.9 Å². The van der Waals surface area contributed by atoms with E-state index in [0.717, 1.165) is 31.5 Å². The minimum atomic E-state index is -0.205. The lowest BCUT2D eigenvalue weighted by atomic mass is 10.1. The molecule has 1 heterocycles. The van der Waals surface area contributed by atoms with Crippen LogP contribution in [0.25, 0.3) is 0 Å². The Bertz CT molecular complexity index is 993. The minimum absolute atomic E-state index is 0.0523. The second-order valence-corrected chi connectivity index (χ2v) is 7.33. The van der Waals surface area contributed by atoms with E-state index in [-0.39, 0.29) is 11.8 Å². The van der Waals surface area contributed by atoms with Gasteiger partial charge in [0.05, 0.1) is 0 Å². The zero-order valence-corrected chi connectivity index (χ0v) is 16.7. The van der Waals surface area contributed by atoms with Gasteiger partial charge in [0.2, 0.25) is 0 Å². The van der Waals surface area contributed by atoms with Gasteiger partial charge >= 0.3 is 0 Å². The van der Waals surface area contributed by atoms with Crippen molar-refractivity contribution in [2.24, 2.45) is 0 Å². The van der Waals surface area contributed by atoms with Crippen molar-refractivity contribution in [1.82, 2.24) is 4.90 Å². The maximum absolute atomic E-state index is 12.5. The molecule has 1 saturated heterocycles. The van der Waals surface area contributed by atoms with Crippen molar-refractivity contribution in [1.29, 1.82) is 0 Å². The van der Waals surface area contributed by atoms with Crippen LogP contribution >= 0.6 is 0 Å². The molecule has 3 aromatic carbocycles. The predicted molar refractivity (Wildman–Crippen MR) is 117 cm³/mol. The largest absolute Gasteiger partial charge is 0.489 e. The molecular formula is C25H24N2O3. The van der Waals surface area contributed by atoms with Crippen LogP contribution in [-0.4, -0.2) is 29.8 Å². The number of nitrogens with zero attached hydrogens (tertiary/aromatic N) is 1. The number of anilines is 1. The zero-order chi connectivity index (χ0) is 20.8. The van der Waals surface area contributed by atoms with Crippen molar-refractivity contribution in [2.75, 3.05) is 18.4 Å². The number of ether oxygens (including phenoxy) is 1. The lowest BCUT2D eigenvalue weighted by molar-refractivity contribution is 0.0792. The maximum atomic E-state index is 12.5. The Kier molecular flexibility index (Phi) is 6.09. The van der Waals surface area contributed by atoms with E-state index in [2.05, 4.69) is 5.32 Å². The van der Waals surface area contributed by atoms with Gasteiger partial charge in [-0.25, -0.2) is 0 Å². The molecular weight excluding hydrogens is 376 g/mol. The topological polar surface area (TPSA) is 58.6 Å². The molecule has 1 aliphatic heterocycles. The number of nitrogens with one attached hydrogen (secondary N) is 1. The number of hydrogen-bond donors (Lipinski definition) is 1.